The highest BCUT2D eigenvalue weighted by Crippen LogP contribution is 2.25. The Kier molecular flexibility index (Phi) is 4.05. The van der Waals surface area contributed by atoms with Gasteiger partial charge < -0.3 is 15.2 Å². The maximum atomic E-state index is 11.4. The predicted octanol–water partition coefficient (Wildman–Crippen LogP) is 2.38. The van der Waals surface area contributed by atoms with Crippen molar-refractivity contribution in [3.8, 4) is 5.75 Å². The fourth-order valence-corrected chi connectivity index (χ4v) is 2.39. The normalized spacial score (nSPS) is 12.7. The van der Waals surface area contributed by atoms with E-state index in [0.717, 1.165) is 10.8 Å². The molecule has 3 N–H and O–H groups in total. The second kappa shape index (κ2) is 6.31. The quantitative estimate of drug-likeness (QED) is 0.630. The first-order valence-electron chi connectivity index (χ1n) is 7.09. The Balaban J connectivity index is 1.94. The first kappa shape index (κ1) is 14.8. The molecule has 0 aliphatic heterocycles. The summed E-state index contributed by atoms with van der Waals surface area (Å²) in [4.78, 5) is 22.3. The first-order chi connectivity index (χ1) is 11.1. The molecule has 6 heteroatoms. The van der Waals surface area contributed by atoms with Gasteiger partial charge in [0.25, 0.3) is 0 Å². The Labute approximate surface area is 132 Å². The Morgan fingerprint density at radius 3 is 2.87 bits per heavy atom. The number of carboxylic acids is 1. The van der Waals surface area contributed by atoms with Crippen LogP contribution in [0.3, 0.4) is 0 Å². The molecule has 1 atom stereocenters. The molecule has 0 saturated carbocycles. The van der Waals surface area contributed by atoms with Gasteiger partial charge in [0, 0.05) is 30.1 Å². The van der Waals surface area contributed by atoms with Crippen LogP contribution < -0.4 is 0 Å². The van der Waals surface area contributed by atoms with Crippen LogP contribution in [0.25, 0.3) is 10.8 Å². The summed E-state index contributed by atoms with van der Waals surface area (Å²) in [5.74, 6) is -0.964. The summed E-state index contributed by atoms with van der Waals surface area (Å²) in [6, 6.07) is 9.98. The zero-order valence-corrected chi connectivity index (χ0v) is 12.2. The Morgan fingerprint density at radius 2 is 2.13 bits per heavy atom. The number of nitrogens with zero attached hydrogens (tertiary/aromatic N) is 2. The molecule has 2 aromatic carbocycles. The van der Waals surface area contributed by atoms with Crippen LogP contribution in [0.4, 0.5) is 0 Å². The first-order valence-corrected chi connectivity index (χ1v) is 7.09. The van der Waals surface area contributed by atoms with Crippen molar-refractivity contribution >= 4 is 23.0 Å². The maximum absolute atomic E-state index is 11.4. The van der Waals surface area contributed by atoms with Crippen molar-refractivity contribution in [3.05, 3.63) is 60.2 Å². The zero-order valence-electron chi connectivity index (χ0n) is 12.2. The van der Waals surface area contributed by atoms with Crippen molar-refractivity contribution in [1.29, 1.82) is 0 Å². The predicted molar refractivity (Wildman–Crippen MR) is 86.9 cm³/mol. The third kappa shape index (κ3) is 3.21. The van der Waals surface area contributed by atoms with Gasteiger partial charge in [-0.05, 0) is 16.8 Å². The smallest absolute Gasteiger partial charge is 0.328 e. The molecule has 6 nitrogen and oxygen atoms in total. The van der Waals surface area contributed by atoms with E-state index in [1.165, 1.54) is 12.5 Å². The SMILES string of the molecule is O=C(O)[C@H](Cc1cnc[nH]1)N=Cc1c(O)ccc2ccccc12. The molecular formula is C17H15N3O3. The minimum Gasteiger partial charge on any atom is -0.507 e. The highest BCUT2D eigenvalue weighted by molar-refractivity contribution is 6.02. The third-order valence-electron chi connectivity index (χ3n) is 3.58. The fraction of sp³-hybridized carbons (Fsp3) is 0.118. The summed E-state index contributed by atoms with van der Waals surface area (Å²) in [5, 5.41) is 21.2. The molecular weight excluding hydrogens is 294 g/mol. The number of H-pyrrole nitrogens is 1. The van der Waals surface area contributed by atoms with E-state index in [1.54, 1.807) is 18.3 Å². The number of phenols is 1. The highest BCUT2D eigenvalue weighted by atomic mass is 16.4. The van der Waals surface area contributed by atoms with Gasteiger partial charge in [-0.1, -0.05) is 30.3 Å². The van der Waals surface area contributed by atoms with Crippen LogP contribution in [0, 0.1) is 0 Å². The van der Waals surface area contributed by atoms with Crippen molar-refractivity contribution in [2.24, 2.45) is 4.99 Å². The lowest BCUT2D eigenvalue weighted by atomic mass is 10.0. The number of aromatic amines is 1. The summed E-state index contributed by atoms with van der Waals surface area (Å²) >= 11 is 0. The van der Waals surface area contributed by atoms with Gasteiger partial charge in [0.2, 0.25) is 0 Å². The lowest BCUT2D eigenvalue weighted by Gasteiger charge is -2.08. The van der Waals surface area contributed by atoms with Crippen LogP contribution in [0.5, 0.6) is 5.75 Å². The number of aromatic nitrogens is 2. The van der Waals surface area contributed by atoms with Crippen molar-refractivity contribution in [3.63, 3.8) is 0 Å². The number of carboxylic acid groups (broad SMARTS) is 1. The summed E-state index contributed by atoms with van der Waals surface area (Å²) < 4.78 is 0. The number of phenolic OH excluding ortho intramolecular Hbond substituents is 1. The van der Waals surface area contributed by atoms with Crippen LogP contribution >= 0.6 is 0 Å². The van der Waals surface area contributed by atoms with E-state index in [0.29, 0.717) is 11.3 Å². The van der Waals surface area contributed by atoms with Crippen LogP contribution in [-0.2, 0) is 11.2 Å². The van der Waals surface area contributed by atoms with Crippen LogP contribution in [0.1, 0.15) is 11.3 Å². The second-order valence-electron chi connectivity index (χ2n) is 5.13. The van der Waals surface area contributed by atoms with Gasteiger partial charge in [0.15, 0.2) is 6.04 Å². The maximum Gasteiger partial charge on any atom is 0.328 e. The molecule has 1 heterocycles. The monoisotopic (exact) mass is 309 g/mol. The number of benzene rings is 2. The minimum atomic E-state index is -1.03. The molecule has 0 bridgehead atoms. The van der Waals surface area contributed by atoms with Gasteiger partial charge in [0.05, 0.1) is 6.33 Å². The van der Waals surface area contributed by atoms with Gasteiger partial charge in [-0.25, -0.2) is 9.78 Å². The number of aromatic hydroxyl groups is 1. The molecule has 0 amide bonds. The number of hydrogen-bond acceptors (Lipinski definition) is 4. The molecule has 116 valence electrons. The van der Waals surface area contributed by atoms with E-state index in [1.807, 2.05) is 24.3 Å². The number of nitrogens with one attached hydrogen (secondary N) is 1. The van der Waals surface area contributed by atoms with Crippen LogP contribution in [0.15, 0.2) is 53.9 Å². The molecule has 0 spiro atoms. The molecule has 0 aliphatic rings. The van der Waals surface area contributed by atoms with E-state index in [4.69, 9.17) is 0 Å². The molecule has 3 aromatic rings. The fourth-order valence-electron chi connectivity index (χ4n) is 2.39. The van der Waals surface area contributed by atoms with E-state index in [2.05, 4.69) is 15.0 Å². The molecule has 1 aromatic heterocycles. The molecule has 0 aliphatic carbocycles. The average molecular weight is 309 g/mol. The Hall–Kier alpha value is -3.15. The molecule has 3 rings (SSSR count). The summed E-state index contributed by atoms with van der Waals surface area (Å²) in [6.07, 6.45) is 4.69. The van der Waals surface area contributed by atoms with Crippen LogP contribution in [-0.4, -0.2) is 38.4 Å². The number of rotatable bonds is 5. The van der Waals surface area contributed by atoms with Crippen LogP contribution in [0.2, 0.25) is 0 Å². The number of fused-ring (bicyclic) bond motifs is 1. The highest BCUT2D eigenvalue weighted by Gasteiger charge is 2.17. The zero-order chi connectivity index (χ0) is 16.2. The summed E-state index contributed by atoms with van der Waals surface area (Å²) in [7, 11) is 0. The Morgan fingerprint density at radius 1 is 1.30 bits per heavy atom. The molecule has 0 unspecified atom stereocenters. The lowest BCUT2D eigenvalue weighted by molar-refractivity contribution is -0.138. The lowest BCUT2D eigenvalue weighted by Crippen LogP contribution is -2.21. The molecule has 0 radical (unpaired) electrons. The molecule has 0 saturated heterocycles. The third-order valence-corrected chi connectivity index (χ3v) is 3.58. The topological polar surface area (TPSA) is 98.6 Å². The number of carbonyl (C=O) groups is 1. The van der Waals surface area contributed by atoms with Gasteiger partial charge in [0.1, 0.15) is 5.75 Å². The summed E-state index contributed by atoms with van der Waals surface area (Å²) in [6.45, 7) is 0. The van der Waals surface area contributed by atoms with Crippen molar-refractivity contribution in [2.75, 3.05) is 0 Å². The number of aliphatic carboxylic acids is 1. The van der Waals surface area contributed by atoms with E-state index in [-0.39, 0.29) is 12.2 Å². The number of hydrogen-bond donors (Lipinski definition) is 3. The van der Waals surface area contributed by atoms with Gasteiger partial charge >= 0.3 is 5.97 Å². The average Bonchev–Trinajstić information content (AvgIpc) is 3.05. The second-order valence-corrected chi connectivity index (χ2v) is 5.13. The molecule has 23 heavy (non-hydrogen) atoms. The largest absolute Gasteiger partial charge is 0.507 e. The van der Waals surface area contributed by atoms with Gasteiger partial charge in [-0.15, -0.1) is 0 Å². The Bertz CT molecular complexity index is 857. The minimum absolute atomic E-state index is 0.0677. The molecule has 0 fully saturated rings. The van der Waals surface area contributed by atoms with E-state index < -0.39 is 12.0 Å². The van der Waals surface area contributed by atoms with E-state index >= 15 is 0 Å². The van der Waals surface area contributed by atoms with Gasteiger partial charge in [-0.2, -0.15) is 0 Å². The number of imidazole rings is 1. The van der Waals surface area contributed by atoms with E-state index in [9.17, 15) is 15.0 Å². The van der Waals surface area contributed by atoms with Gasteiger partial charge in [-0.3, -0.25) is 4.99 Å². The van der Waals surface area contributed by atoms with Crippen molar-refractivity contribution in [1.82, 2.24) is 9.97 Å². The van der Waals surface area contributed by atoms with Crippen molar-refractivity contribution < 1.29 is 15.0 Å². The number of aliphatic imine (C=N–C) groups is 1. The summed E-state index contributed by atoms with van der Waals surface area (Å²) in [5.41, 5.74) is 1.20. The standard InChI is InChI=1S/C17H15N3O3/c21-16-6-5-11-3-1-2-4-13(11)14(16)9-19-15(17(22)23)7-12-8-18-10-20-12/h1-6,8-10,15,21H,7H2,(H,18,20)(H,22,23)/t15-/m0/s1. The van der Waals surface area contributed by atoms with Crippen molar-refractivity contribution in [2.45, 2.75) is 12.5 Å².